The van der Waals surface area contributed by atoms with Crippen LogP contribution in [0.2, 0.25) is 0 Å². The molecule has 2 rings (SSSR count). The van der Waals surface area contributed by atoms with Crippen molar-refractivity contribution in [2.75, 3.05) is 12.4 Å². The number of nitrogens with zero attached hydrogens (tertiary/aromatic N) is 1. The van der Waals surface area contributed by atoms with Crippen LogP contribution >= 0.6 is 0 Å². The third-order valence-corrected chi connectivity index (χ3v) is 3.77. The summed E-state index contributed by atoms with van der Waals surface area (Å²) in [5.41, 5.74) is 2.06. The largest absolute Gasteiger partial charge is 0.390 e. The summed E-state index contributed by atoms with van der Waals surface area (Å²) in [6.45, 7) is 0.498. The molecular weight excluding hydrogens is 302 g/mol. The lowest BCUT2D eigenvalue weighted by Crippen LogP contribution is -2.34. The van der Waals surface area contributed by atoms with Gasteiger partial charge in [0.1, 0.15) is 12.4 Å². The summed E-state index contributed by atoms with van der Waals surface area (Å²) in [5.74, 6) is -0.452. The lowest BCUT2D eigenvalue weighted by atomic mass is 10.1. The molecule has 2 aromatic rings. The van der Waals surface area contributed by atoms with E-state index in [1.807, 2.05) is 30.3 Å². The number of aliphatic hydroxyl groups is 1. The maximum absolute atomic E-state index is 11.3. The van der Waals surface area contributed by atoms with E-state index >= 15 is 0 Å². The van der Waals surface area contributed by atoms with Gasteiger partial charge in [0.2, 0.25) is 0 Å². The first-order chi connectivity index (χ1) is 10.5. The van der Waals surface area contributed by atoms with Crippen molar-refractivity contribution in [2.24, 2.45) is 0 Å². The molecule has 6 heteroatoms. The van der Waals surface area contributed by atoms with Crippen LogP contribution in [0.25, 0.3) is 11.6 Å². The Morgan fingerprint density at radius 1 is 1.09 bits per heavy atom. The standard InChI is InChI=1S/C16H17NO4S/c18-11-10-17-8-6-15(7-9-17)16(13-22(19,20)21)12-14-4-2-1-3-5-14/h1-9,12,18H,10-11,13H2/p+1/b16-12-. The zero-order valence-corrected chi connectivity index (χ0v) is 12.8. The first kappa shape index (κ1) is 16.4. The van der Waals surface area contributed by atoms with Gasteiger partial charge in [0, 0.05) is 12.1 Å². The van der Waals surface area contributed by atoms with E-state index in [2.05, 4.69) is 0 Å². The molecule has 0 unspecified atom stereocenters. The van der Waals surface area contributed by atoms with E-state index < -0.39 is 15.9 Å². The van der Waals surface area contributed by atoms with E-state index in [1.165, 1.54) is 0 Å². The van der Waals surface area contributed by atoms with Crippen molar-refractivity contribution in [1.29, 1.82) is 0 Å². The van der Waals surface area contributed by atoms with E-state index in [0.717, 1.165) is 5.56 Å². The maximum atomic E-state index is 11.3. The van der Waals surface area contributed by atoms with Gasteiger partial charge in [-0.2, -0.15) is 8.42 Å². The average Bonchev–Trinajstić information content (AvgIpc) is 2.47. The highest BCUT2D eigenvalue weighted by Crippen LogP contribution is 2.19. The van der Waals surface area contributed by atoms with Gasteiger partial charge in [-0.05, 0) is 16.7 Å². The van der Waals surface area contributed by atoms with Crippen LogP contribution in [0.5, 0.6) is 0 Å². The molecule has 116 valence electrons. The molecule has 0 spiro atoms. The summed E-state index contributed by atoms with van der Waals surface area (Å²) >= 11 is 0. The first-order valence-electron chi connectivity index (χ1n) is 6.79. The Hall–Kier alpha value is -2.02. The molecule has 22 heavy (non-hydrogen) atoms. The molecule has 1 aromatic carbocycles. The normalized spacial score (nSPS) is 12.4. The second kappa shape index (κ2) is 7.31. The fourth-order valence-electron chi connectivity index (χ4n) is 2.09. The Morgan fingerprint density at radius 3 is 2.27 bits per heavy atom. The molecule has 1 heterocycles. The number of rotatable bonds is 6. The zero-order chi connectivity index (χ0) is 16.0. The highest BCUT2D eigenvalue weighted by Gasteiger charge is 2.13. The maximum Gasteiger partial charge on any atom is 0.269 e. The van der Waals surface area contributed by atoms with Crippen molar-refractivity contribution in [2.45, 2.75) is 6.54 Å². The third kappa shape index (κ3) is 5.07. The Labute approximate surface area is 129 Å². The molecule has 0 aliphatic rings. The molecule has 0 bridgehead atoms. The van der Waals surface area contributed by atoms with E-state index in [0.29, 0.717) is 17.7 Å². The minimum atomic E-state index is -4.13. The summed E-state index contributed by atoms with van der Waals surface area (Å²) in [6.07, 6.45) is 5.25. The number of pyridine rings is 1. The summed E-state index contributed by atoms with van der Waals surface area (Å²) in [7, 11) is -4.13. The van der Waals surface area contributed by atoms with Crippen LogP contribution in [-0.4, -0.2) is 30.4 Å². The van der Waals surface area contributed by atoms with E-state index in [4.69, 9.17) is 9.66 Å². The lowest BCUT2D eigenvalue weighted by Gasteiger charge is -2.06. The fourth-order valence-corrected chi connectivity index (χ4v) is 2.73. The molecule has 0 aliphatic carbocycles. The van der Waals surface area contributed by atoms with Crippen LogP contribution in [-0.2, 0) is 16.7 Å². The van der Waals surface area contributed by atoms with Gasteiger partial charge in [-0.15, -0.1) is 0 Å². The van der Waals surface area contributed by atoms with Gasteiger partial charge in [-0.1, -0.05) is 36.4 Å². The molecule has 0 radical (unpaired) electrons. The number of hydrogen-bond acceptors (Lipinski definition) is 3. The Morgan fingerprint density at radius 2 is 1.73 bits per heavy atom. The molecule has 0 saturated carbocycles. The molecule has 0 aliphatic heterocycles. The predicted octanol–water partition coefficient (Wildman–Crippen LogP) is 1.39. The van der Waals surface area contributed by atoms with Crippen molar-refractivity contribution in [3.05, 3.63) is 66.0 Å². The Balaban J connectivity index is 2.38. The van der Waals surface area contributed by atoms with Crippen molar-refractivity contribution in [1.82, 2.24) is 0 Å². The second-order valence-corrected chi connectivity index (χ2v) is 6.31. The highest BCUT2D eigenvalue weighted by atomic mass is 32.2. The summed E-state index contributed by atoms with van der Waals surface area (Å²) in [5, 5.41) is 8.90. The summed E-state index contributed by atoms with van der Waals surface area (Å²) in [6, 6.07) is 12.8. The molecule has 5 nitrogen and oxygen atoms in total. The highest BCUT2D eigenvalue weighted by molar-refractivity contribution is 7.86. The van der Waals surface area contributed by atoms with Gasteiger partial charge < -0.3 is 5.11 Å². The third-order valence-electron chi connectivity index (χ3n) is 3.10. The van der Waals surface area contributed by atoms with Crippen LogP contribution in [0, 0.1) is 0 Å². The van der Waals surface area contributed by atoms with Gasteiger partial charge in [0.15, 0.2) is 18.9 Å². The lowest BCUT2D eigenvalue weighted by molar-refractivity contribution is -0.698. The Bertz CT molecular complexity index is 737. The number of aromatic nitrogens is 1. The predicted molar refractivity (Wildman–Crippen MR) is 84.5 cm³/mol. The van der Waals surface area contributed by atoms with Crippen molar-refractivity contribution in [3.63, 3.8) is 0 Å². The fraction of sp³-hybridized carbons (Fsp3) is 0.188. The van der Waals surface area contributed by atoms with Crippen molar-refractivity contribution in [3.8, 4) is 0 Å². The molecule has 0 amide bonds. The van der Waals surface area contributed by atoms with Gasteiger partial charge in [-0.25, -0.2) is 4.57 Å². The molecule has 0 saturated heterocycles. The molecule has 0 fully saturated rings. The molecular formula is C16H18NO4S+. The van der Waals surface area contributed by atoms with Gasteiger partial charge >= 0.3 is 0 Å². The SMILES string of the molecule is O=S(=O)(O)C/C(=C/c1ccccc1)c1cc[n+](CCO)cc1. The minimum absolute atomic E-state index is 0.0295. The second-order valence-electron chi connectivity index (χ2n) is 4.85. The van der Waals surface area contributed by atoms with E-state index in [9.17, 15) is 8.42 Å². The van der Waals surface area contributed by atoms with Crippen LogP contribution in [0.1, 0.15) is 11.1 Å². The Kier molecular flexibility index (Phi) is 5.43. The van der Waals surface area contributed by atoms with E-state index in [-0.39, 0.29) is 6.61 Å². The first-order valence-corrected chi connectivity index (χ1v) is 8.40. The topological polar surface area (TPSA) is 78.5 Å². The quantitative estimate of drug-likeness (QED) is 0.623. The number of benzene rings is 1. The van der Waals surface area contributed by atoms with E-state index in [1.54, 1.807) is 35.2 Å². The van der Waals surface area contributed by atoms with Crippen LogP contribution in [0.4, 0.5) is 0 Å². The van der Waals surface area contributed by atoms with Crippen molar-refractivity contribution < 1.29 is 22.6 Å². The smallest absolute Gasteiger partial charge is 0.269 e. The van der Waals surface area contributed by atoms with Crippen LogP contribution < -0.4 is 4.57 Å². The summed E-state index contributed by atoms with van der Waals surface area (Å²) in [4.78, 5) is 0. The van der Waals surface area contributed by atoms with Crippen LogP contribution in [0.15, 0.2) is 54.9 Å². The minimum Gasteiger partial charge on any atom is -0.390 e. The van der Waals surface area contributed by atoms with Gasteiger partial charge in [0.05, 0.1) is 0 Å². The van der Waals surface area contributed by atoms with Gasteiger partial charge in [0.25, 0.3) is 10.1 Å². The molecule has 2 N–H and O–H groups in total. The summed E-state index contributed by atoms with van der Waals surface area (Å²) < 4.78 is 33.5. The average molecular weight is 320 g/mol. The van der Waals surface area contributed by atoms with Gasteiger partial charge in [-0.3, -0.25) is 4.55 Å². The number of hydrogen-bond donors (Lipinski definition) is 2. The number of aliphatic hydroxyl groups excluding tert-OH is 1. The monoisotopic (exact) mass is 320 g/mol. The molecule has 1 aromatic heterocycles. The van der Waals surface area contributed by atoms with Crippen LogP contribution in [0.3, 0.4) is 0 Å². The van der Waals surface area contributed by atoms with Crippen molar-refractivity contribution >= 4 is 21.8 Å². The zero-order valence-electron chi connectivity index (χ0n) is 12.0. The molecule has 0 atom stereocenters.